The van der Waals surface area contributed by atoms with Gasteiger partial charge in [0.25, 0.3) is 0 Å². The summed E-state index contributed by atoms with van der Waals surface area (Å²) in [7, 11) is 0. The second kappa shape index (κ2) is 9.11. The Morgan fingerprint density at radius 1 is 1.11 bits per heavy atom. The minimum atomic E-state index is 0.196. The zero-order valence-electron chi connectivity index (χ0n) is 12.9. The number of nitrogens with one attached hydrogen (secondary N) is 1. The van der Waals surface area contributed by atoms with E-state index in [0.29, 0.717) is 5.92 Å². The second-order valence-electron chi connectivity index (χ2n) is 5.38. The van der Waals surface area contributed by atoms with Crippen molar-refractivity contribution in [2.75, 3.05) is 13.2 Å². The van der Waals surface area contributed by atoms with Crippen molar-refractivity contribution in [3.63, 3.8) is 0 Å². The van der Waals surface area contributed by atoms with Crippen molar-refractivity contribution in [2.45, 2.75) is 52.7 Å². The highest BCUT2D eigenvalue weighted by Gasteiger charge is 2.19. The Balaban J connectivity index is 2.56. The van der Waals surface area contributed by atoms with E-state index in [2.05, 4.69) is 63.3 Å². The number of benzene rings is 1. The normalized spacial score (nSPS) is 16.0. The molecule has 1 rings (SSSR count). The Hall–Kier alpha value is -0.860. The smallest absolute Gasteiger partial charge is 0.0741 e. The third-order valence-electron chi connectivity index (χ3n) is 3.48. The van der Waals surface area contributed by atoms with Gasteiger partial charge in [0.2, 0.25) is 0 Å². The van der Waals surface area contributed by atoms with Gasteiger partial charge < -0.3 is 10.1 Å². The monoisotopic (exact) mass is 263 g/mol. The van der Waals surface area contributed by atoms with Crippen LogP contribution in [0.25, 0.3) is 0 Å². The number of hydrogen-bond acceptors (Lipinski definition) is 2. The van der Waals surface area contributed by atoms with Gasteiger partial charge in [-0.15, -0.1) is 0 Å². The van der Waals surface area contributed by atoms with Crippen LogP contribution in [0.2, 0.25) is 0 Å². The minimum Gasteiger partial charge on any atom is -0.376 e. The summed E-state index contributed by atoms with van der Waals surface area (Å²) >= 11 is 0. The SMILES string of the molecule is CCCC(C)COC(C)C(NCC)c1ccccc1. The molecule has 0 aliphatic carbocycles. The molecule has 2 nitrogen and oxygen atoms in total. The third-order valence-corrected chi connectivity index (χ3v) is 3.48. The lowest BCUT2D eigenvalue weighted by Gasteiger charge is -2.26. The molecule has 0 fully saturated rings. The van der Waals surface area contributed by atoms with Crippen molar-refractivity contribution in [1.29, 1.82) is 0 Å². The van der Waals surface area contributed by atoms with Gasteiger partial charge in [-0.1, -0.05) is 57.5 Å². The lowest BCUT2D eigenvalue weighted by molar-refractivity contribution is 0.0185. The molecule has 0 bridgehead atoms. The van der Waals surface area contributed by atoms with Crippen LogP contribution < -0.4 is 5.32 Å². The lowest BCUT2D eigenvalue weighted by atomic mass is 10.0. The fourth-order valence-electron chi connectivity index (χ4n) is 2.42. The van der Waals surface area contributed by atoms with E-state index >= 15 is 0 Å². The van der Waals surface area contributed by atoms with E-state index in [0.717, 1.165) is 13.2 Å². The molecule has 1 aromatic carbocycles. The molecular weight excluding hydrogens is 234 g/mol. The summed E-state index contributed by atoms with van der Waals surface area (Å²) < 4.78 is 6.06. The van der Waals surface area contributed by atoms with Crippen molar-refractivity contribution in [3.8, 4) is 0 Å². The molecule has 3 atom stereocenters. The van der Waals surface area contributed by atoms with Crippen molar-refractivity contribution >= 4 is 0 Å². The average molecular weight is 263 g/mol. The first-order valence-corrected chi connectivity index (χ1v) is 7.58. The summed E-state index contributed by atoms with van der Waals surface area (Å²) in [4.78, 5) is 0. The van der Waals surface area contributed by atoms with Crippen LogP contribution in [-0.4, -0.2) is 19.3 Å². The van der Waals surface area contributed by atoms with Crippen LogP contribution in [0.1, 0.15) is 52.1 Å². The number of hydrogen-bond donors (Lipinski definition) is 1. The summed E-state index contributed by atoms with van der Waals surface area (Å²) in [6, 6.07) is 10.9. The molecule has 0 radical (unpaired) electrons. The van der Waals surface area contributed by atoms with E-state index in [1.54, 1.807) is 0 Å². The molecule has 0 amide bonds. The van der Waals surface area contributed by atoms with E-state index in [-0.39, 0.29) is 12.1 Å². The highest BCUT2D eigenvalue weighted by atomic mass is 16.5. The van der Waals surface area contributed by atoms with Gasteiger partial charge in [0, 0.05) is 6.61 Å². The van der Waals surface area contributed by atoms with Crippen LogP contribution in [-0.2, 0) is 4.74 Å². The molecule has 0 aliphatic rings. The van der Waals surface area contributed by atoms with Gasteiger partial charge in [-0.3, -0.25) is 0 Å². The fourth-order valence-corrected chi connectivity index (χ4v) is 2.42. The topological polar surface area (TPSA) is 21.3 Å². The van der Waals surface area contributed by atoms with Crippen molar-refractivity contribution < 1.29 is 4.74 Å². The Kier molecular flexibility index (Phi) is 7.76. The summed E-state index contributed by atoms with van der Waals surface area (Å²) in [5, 5.41) is 3.53. The van der Waals surface area contributed by atoms with Crippen LogP contribution in [0.15, 0.2) is 30.3 Å². The Bertz CT molecular complexity index is 325. The van der Waals surface area contributed by atoms with Crippen LogP contribution in [0.4, 0.5) is 0 Å². The quantitative estimate of drug-likeness (QED) is 0.721. The van der Waals surface area contributed by atoms with Gasteiger partial charge in [0.05, 0.1) is 12.1 Å². The second-order valence-corrected chi connectivity index (χ2v) is 5.38. The predicted octanol–water partition coefficient (Wildman–Crippen LogP) is 4.18. The molecule has 0 aromatic heterocycles. The van der Waals surface area contributed by atoms with E-state index in [9.17, 15) is 0 Å². The molecule has 1 N–H and O–H groups in total. The maximum absolute atomic E-state index is 6.06. The molecule has 0 saturated carbocycles. The first-order valence-electron chi connectivity index (χ1n) is 7.58. The van der Waals surface area contributed by atoms with Crippen molar-refractivity contribution in [2.24, 2.45) is 5.92 Å². The predicted molar refractivity (Wildman–Crippen MR) is 82.3 cm³/mol. The highest BCUT2D eigenvalue weighted by molar-refractivity contribution is 5.19. The van der Waals surface area contributed by atoms with Gasteiger partial charge in [0.1, 0.15) is 0 Å². The van der Waals surface area contributed by atoms with Crippen molar-refractivity contribution in [1.82, 2.24) is 5.32 Å². The third kappa shape index (κ3) is 5.75. The van der Waals surface area contributed by atoms with Crippen LogP contribution >= 0.6 is 0 Å². The summed E-state index contributed by atoms with van der Waals surface area (Å²) in [6.45, 7) is 10.6. The van der Waals surface area contributed by atoms with Gasteiger partial charge in [-0.05, 0) is 31.4 Å². The molecular formula is C17H29NO. The number of ether oxygens (including phenoxy) is 1. The first kappa shape index (κ1) is 16.2. The lowest BCUT2D eigenvalue weighted by Crippen LogP contribution is -2.32. The molecule has 1 aromatic rings. The van der Waals surface area contributed by atoms with Crippen molar-refractivity contribution in [3.05, 3.63) is 35.9 Å². The summed E-state index contributed by atoms with van der Waals surface area (Å²) in [6.07, 6.45) is 2.67. The van der Waals surface area contributed by atoms with Gasteiger partial charge in [-0.2, -0.15) is 0 Å². The zero-order valence-corrected chi connectivity index (χ0v) is 12.9. The van der Waals surface area contributed by atoms with Gasteiger partial charge >= 0.3 is 0 Å². The molecule has 0 saturated heterocycles. The fraction of sp³-hybridized carbons (Fsp3) is 0.647. The number of likely N-dealkylation sites (N-methyl/N-ethyl adjacent to an activating group) is 1. The Morgan fingerprint density at radius 3 is 2.37 bits per heavy atom. The minimum absolute atomic E-state index is 0.196. The molecule has 108 valence electrons. The van der Waals surface area contributed by atoms with E-state index in [4.69, 9.17) is 4.74 Å². The van der Waals surface area contributed by atoms with Gasteiger partial charge in [0.15, 0.2) is 0 Å². The number of rotatable bonds is 9. The average Bonchev–Trinajstić information content (AvgIpc) is 2.43. The zero-order chi connectivity index (χ0) is 14.1. The van der Waals surface area contributed by atoms with E-state index in [1.807, 2.05) is 0 Å². The largest absolute Gasteiger partial charge is 0.376 e. The van der Waals surface area contributed by atoms with Crippen LogP contribution in [0.3, 0.4) is 0 Å². The Labute approximate surface area is 118 Å². The summed E-state index contributed by atoms with van der Waals surface area (Å²) in [5.41, 5.74) is 1.31. The molecule has 0 heterocycles. The highest BCUT2D eigenvalue weighted by Crippen LogP contribution is 2.20. The van der Waals surface area contributed by atoms with Crippen LogP contribution in [0, 0.1) is 5.92 Å². The first-order chi connectivity index (χ1) is 9.19. The molecule has 0 aliphatic heterocycles. The van der Waals surface area contributed by atoms with E-state index < -0.39 is 0 Å². The Morgan fingerprint density at radius 2 is 1.79 bits per heavy atom. The standard InChI is InChI=1S/C17H29NO/c1-5-10-14(3)13-19-15(4)17(18-6-2)16-11-8-7-9-12-16/h7-9,11-12,14-15,17-18H,5-6,10,13H2,1-4H3. The molecule has 3 unspecified atom stereocenters. The molecule has 2 heteroatoms. The van der Waals surface area contributed by atoms with Crippen LogP contribution in [0.5, 0.6) is 0 Å². The molecule has 19 heavy (non-hydrogen) atoms. The maximum atomic E-state index is 6.06. The summed E-state index contributed by atoms with van der Waals surface area (Å²) in [5.74, 6) is 0.644. The molecule has 0 spiro atoms. The van der Waals surface area contributed by atoms with Gasteiger partial charge in [-0.25, -0.2) is 0 Å². The maximum Gasteiger partial charge on any atom is 0.0741 e. The van der Waals surface area contributed by atoms with E-state index in [1.165, 1.54) is 18.4 Å².